The Bertz CT molecular complexity index is 240. The van der Waals surface area contributed by atoms with Gasteiger partial charge >= 0.3 is 0 Å². The van der Waals surface area contributed by atoms with Crippen molar-refractivity contribution in [2.45, 2.75) is 65.5 Å². The van der Waals surface area contributed by atoms with Crippen LogP contribution in [0.2, 0.25) is 0 Å². The van der Waals surface area contributed by atoms with E-state index in [1.165, 1.54) is 19.3 Å². The van der Waals surface area contributed by atoms with Gasteiger partial charge in [0, 0.05) is 25.0 Å². The summed E-state index contributed by atoms with van der Waals surface area (Å²) in [4.78, 5) is 11.5. The van der Waals surface area contributed by atoms with Crippen molar-refractivity contribution < 1.29 is 4.79 Å². The number of carbonyl (C=O) groups is 1. The predicted molar refractivity (Wildman–Crippen MR) is 71.9 cm³/mol. The number of hydrogen-bond donors (Lipinski definition) is 2. The van der Waals surface area contributed by atoms with E-state index in [0.717, 1.165) is 18.4 Å². The lowest BCUT2D eigenvalue weighted by Gasteiger charge is -2.21. The normalized spacial score (nSPS) is 28.6. The maximum absolute atomic E-state index is 11.5. The van der Waals surface area contributed by atoms with Crippen molar-refractivity contribution in [1.82, 2.24) is 10.6 Å². The summed E-state index contributed by atoms with van der Waals surface area (Å²) in [6, 6.07) is 0.865. The molecule has 1 amide bonds. The average Bonchev–Trinajstić information content (AvgIpc) is 2.59. The van der Waals surface area contributed by atoms with Crippen LogP contribution in [0.4, 0.5) is 0 Å². The molecule has 0 saturated heterocycles. The van der Waals surface area contributed by atoms with Crippen molar-refractivity contribution in [2.75, 3.05) is 6.54 Å². The van der Waals surface area contributed by atoms with E-state index in [4.69, 9.17) is 0 Å². The summed E-state index contributed by atoms with van der Waals surface area (Å²) >= 11 is 0. The molecule has 0 radical (unpaired) electrons. The summed E-state index contributed by atoms with van der Waals surface area (Å²) in [5.74, 6) is 1.79. The molecule has 1 aliphatic carbocycles. The minimum absolute atomic E-state index is 0.158. The molecule has 17 heavy (non-hydrogen) atoms. The van der Waals surface area contributed by atoms with Gasteiger partial charge in [0.1, 0.15) is 0 Å². The molecule has 3 atom stereocenters. The average molecular weight is 240 g/mol. The molecule has 0 bridgehead atoms. The first-order valence-electron chi connectivity index (χ1n) is 7.07. The van der Waals surface area contributed by atoms with Crippen LogP contribution < -0.4 is 10.6 Å². The van der Waals surface area contributed by atoms with E-state index in [2.05, 4.69) is 24.5 Å². The van der Waals surface area contributed by atoms with Gasteiger partial charge in [0.15, 0.2) is 0 Å². The number of amides is 1. The largest absolute Gasteiger partial charge is 0.354 e. The lowest BCUT2D eigenvalue weighted by atomic mass is 9.93. The van der Waals surface area contributed by atoms with Crippen LogP contribution in [0.15, 0.2) is 0 Å². The molecule has 0 aliphatic heterocycles. The number of rotatable bonds is 6. The SMILES string of the molecule is CCC1CCC(NCCC(=O)NC(C)C)C1C. The first kappa shape index (κ1) is 14.5. The minimum Gasteiger partial charge on any atom is -0.354 e. The van der Waals surface area contributed by atoms with E-state index >= 15 is 0 Å². The summed E-state index contributed by atoms with van der Waals surface area (Å²) in [5.41, 5.74) is 0. The zero-order chi connectivity index (χ0) is 12.8. The van der Waals surface area contributed by atoms with Gasteiger partial charge in [-0.1, -0.05) is 20.3 Å². The van der Waals surface area contributed by atoms with Crippen molar-refractivity contribution in [3.63, 3.8) is 0 Å². The van der Waals surface area contributed by atoms with E-state index in [1.54, 1.807) is 0 Å². The molecule has 3 heteroatoms. The van der Waals surface area contributed by atoms with Crippen LogP contribution in [0.1, 0.15) is 53.4 Å². The molecule has 100 valence electrons. The molecule has 1 aliphatic rings. The fraction of sp³-hybridized carbons (Fsp3) is 0.929. The van der Waals surface area contributed by atoms with Crippen LogP contribution in [0, 0.1) is 11.8 Å². The van der Waals surface area contributed by atoms with Gasteiger partial charge in [0.25, 0.3) is 0 Å². The maximum atomic E-state index is 11.5. The number of carbonyl (C=O) groups excluding carboxylic acids is 1. The van der Waals surface area contributed by atoms with Gasteiger partial charge in [-0.3, -0.25) is 4.79 Å². The highest BCUT2D eigenvalue weighted by Gasteiger charge is 2.30. The molecular formula is C14H28N2O. The van der Waals surface area contributed by atoms with Crippen LogP contribution in [0.3, 0.4) is 0 Å². The highest BCUT2D eigenvalue weighted by Crippen LogP contribution is 2.33. The summed E-state index contributed by atoms with van der Waals surface area (Å²) in [5, 5.41) is 6.46. The number of nitrogens with one attached hydrogen (secondary N) is 2. The molecule has 0 heterocycles. The molecule has 3 nitrogen and oxygen atoms in total. The second-order valence-corrected chi connectivity index (χ2v) is 5.64. The Morgan fingerprint density at radius 1 is 1.35 bits per heavy atom. The quantitative estimate of drug-likeness (QED) is 0.748. The molecule has 1 fully saturated rings. The van der Waals surface area contributed by atoms with Gasteiger partial charge in [-0.2, -0.15) is 0 Å². The molecule has 3 unspecified atom stereocenters. The topological polar surface area (TPSA) is 41.1 Å². The van der Waals surface area contributed by atoms with Gasteiger partial charge in [-0.15, -0.1) is 0 Å². The van der Waals surface area contributed by atoms with Gasteiger partial charge in [-0.25, -0.2) is 0 Å². The molecule has 0 aromatic heterocycles. The molecule has 2 N–H and O–H groups in total. The van der Waals surface area contributed by atoms with Crippen molar-refractivity contribution in [3.8, 4) is 0 Å². The Balaban J connectivity index is 2.17. The molecule has 0 spiro atoms. The Hall–Kier alpha value is -0.570. The van der Waals surface area contributed by atoms with Crippen molar-refractivity contribution in [1.29, 1.82) is 0 Å². The highest BCUT2D eigenvalue weighted by atomic mass is 16.1. The third-order valence-corrected chi connectivity index (χ3v) is 3.96. The monoisotopic (exact) mass is 240 g/mol. The van der Waals surface area contributed by atoms with Gasteiger partial charge in [-0.05, 0) is 38.5 Å². The van der Waals surface area contributed by atoms with Crippen LogP contribution >= 0.6 is 0 Å². The van der Waals surface area contributed by atoms with Gasteiger partial charge in [0.2, 0.25) is 5.91 Å². The van der Waals surface area contributed by atoms with Crippen LogP contribution in [-0.4, -0.2) is 24.5 Å². The zero-order valence-electron chi connectivity index (χ0n) is 11.8. The molecule has 1 rings (SSSR count). The van der Waals surface area contributed by atoms with E-state index in [1.807, 2.05) is 13.8 Å². The second-order valence-electron chi connectivity index (χ2n) is 5.64. The Kier molecular flexibility index (Phi) is 5.96. The number of hydrogen-bond acceptors (Lipinski definition) is 2. The lowest BCUT2D eigenvalue weighted by Crippen LogP contribution is -2.37. The minimum atomic E-state index is 0.158. The fourth-order valence-electron chi connectivity index (χ4n) is 2.88. The first-order chi connectivity index (χ1) is 8.04. The standard InChI is InChI=1S/C14H28N2O/c1-5-12-6-7-13(11(12)4)15-9-8-14(17)16-10(2)3/h10-13,15H,5-9H2,1-4H3,(H,16,17). The smallest absolute Gasteiger partial charge is 0.221 e. The van der Waals surface area contributed by atoms with Crippen molar-refractivity contribution >= 4 is 5.91 Å². The summed E-state index contributed by atoms with van der Waals surface area (Å²) in [7, 11) is 0. The second kappa shape index (κ2) is 7.00. The lowest BCUT2D eigenvalue weighted by molar-refractivity contribution is -0.121. The molecular weight excluding hydrogens is 212 g/mol. The molecule has 1 saturated carbocycles. The van der Waals surface area contributed by atoms with Crippen LogP contribution in [0.25, 0.3) is 0 Å². The van der Waals surface area contributed by atoms with E-state index in [0.29, 0.717) is 12.5 Å². The van der Waals surface area contributed by atoms with E-state index in [9.17, 15) is 4.79 Å². The molecule has 0 aromatic rings. The maximum Gasteiger partial charge on any atom is 0.221 e. The van der Waals surface area contributed by atoms with Crippen LogP contribution in [0.5, 0.6) is 0 Å². The summed E-state index contributed by atoms with van der Waals surface area (Å²) in [6.45, 7) is 9.42. The van der Waals surface area contributed by atoms with Crippen molar-refractivity contribution in [3.05, 3.63) is 0 Å². The predicted octanol–water partition coefficient (Wildman–Crippen LogP) is 2.32. The first-order valence-corrected chi connectivity index (χ1v) is 7.07. The van der Waals surface area contributed by atoms with E-state index < -0.39 is 0 Å². The summed E-state index contributed by atoms with van der Waals surface area (Å²) < 4.78 is 0. The third-order valence-electron chi connectivity index (χ3n) is 3.96. The van der Waals surface area contributed by atoms with Gasteiger partial charge < -0.3 is 10.6 Å². The Morgan fingerprint density at radius 2 is 2.06 bits per heavy atom. The highest BCUT2D eigenvalue weighted by molar-refractivity contribution is 5.76. The zero-order valence-corrected chi connectivity index (χ0v) is 11.8. The fourth-order valence-corrected chi connectivity index (χ4v) is 2.88. The Morgan fingerprint density at radius 3 is 2.59 bits per heavy atom. The van der Waals surface area contributed by atoms with E-state index in [-0.39, 0.29) is 11.9 Å². The van der Waals surface area contributed by atoms with Gasteiger partial charge in [0.05, 0.1) is 0 Å². The summed E-state index contributed by atoms with van der Waals surface area (Å²) in [6.07, 6.45) is 4.49. The van der Waals surface area contributed by atoms with Crippen LogP contribution in [-0.2, 0) is 4.79 Å². The third kappa shape index (κ3) is 4.66. The van der Waals surface area contributed by atoms with Crippen molar-refractivity contribution in [2.24, 2.45) is 11.8 Å². The molecule has 0 aromatic carbocycles. The Labute approximate surface area is 106 Å².